The molecule has 0 aliphatic rings. The molecule has 3 nitrogen and oxygen atoms in total. The number of nitrogens with one attached hydrogen (secondary N) is 1. The van der Waals surface area contributed by atoms with Crippen molar-refractivity contribution in [1.82, 2.24) is 15.1 Å². The van der Waals surface area contributed by atoms with Gasteiger partial charge in [0.2, 0.25) is 0 Å². The van der Waals surface area contributed by atoms with Gasteiger partial charge in [-0.3, -0.25) is 4.68 Å². The van der Waals surface area contributed by atoms with Gasteiger partial charge in [-0.05, 0) is 36.9 Å². The van der Waals surface area contributed by atoms with Crippen molar-refractivity contribution in [3.05, 3.63) is 38.8 Å². The third-order valence-electron chi connectivity index (χ3n) is 2.94. The van der Waals surface area contributed by atoms with E-state index in [1.807, 2.05) is 30.9 Å². The number of nitrogens with zero attached hydrogens (tertiary/aromatic N) is 2. The minimum atomic E-state index is 0.128. The van der Waals surface area contributed by atoms with Crippen LogP contribution in [-0.2, 0) is 7.05 Å². The van der Waals surface area contributed by atoms with Crippen LogP contribution in [0.25, 0.3) is 0 Å². The number of aryl methyl sites for hydroxylation is 2. The fourth-order valence-corrected chi connectivity index (χ4v) is 3.32. The molecule has 1 atom stereocenters. The summed E-state index contributed by atoms with van der Waals surface area (Å²) in [5.74, 6) is 0. The van der Waals surface area contributed by atoms with Crippen molar-refractivity contribution in [1.29, 1.82) is 0 Å². The molecule has 0 radical (unpaired) electrons. The van der Waals surface area contributed by atoms with E-state index in [0.29, 0.717) is 0 Å². The Bertz CT molecular complexity index is 518. The molecule has 18 heavy (non-hydrogen) atoms. The van der Waals surface area contributed by atoms with Crippen LogP contribution < -0.4 is 5.32 Å². The molecule has 0 aliphatic carbocycles. The highest BCUT2D eigenvalue weighted by Crippen LogP contribution is 2.35. The topological polar surface area (TPSA) is 29.9 Å². The lowest BCUT2D eigenvalue weighted by atomic mass is 10.1. The van der Waals surface area contributed by atoms with Crippen LogP contribution in [0.5, 0.6) is 0 Å². The van der Waals surface area contributed by atoms with Crippen LogP contribution in [0.15, 0.2) is 17.6 Å². The lowest BCUT2D eigenvalue weighted by molar-refractivity contribution is 0.560. The van der Waals surface area contributed by atoms with Crippen LogP contribution in [0.3, 0.4) is 0 Å². The fraction of sp³-hybridized carbons (Fsp3) is 0.462. The van der Waals surface area contributed by atoms with E-state index in [-0.39, 0.29) is 6.04 Å². The quantitative estimate of drug-likeness (QED) is 0.910. The molecule has 0 fully saturated rings. The lowest BCUT2D eigenvalue weighted by Crippen LogP contribution is -2.24. The molecule has 0 aromatic carbocycles. The summed E-state index contributed by atoms with van der Waals surface area (Å²) in [6, 6.07) is 2.17. The zero-order valence-corrected chi connectivity index (χ0v) is 12.5. The van der Waals surface area contributed by atoms with Crippen molar-refractivity contribution in [3.8, 4) is 0 Å². The molecular formula is C13H18ClN3S. The molecule has 0 spiro atoms. The Morgan fingerprint density at radius 3 is 2.83 bits per heavy atom. The van der Waals surface area contributed by atoms with Crippen molar-refractivity contribution >= 4 is 22.9 Å². The van der Waals surface area contributed by atoms with Gasteiger partial charge >= 0.3 is 0 Å². The maximum absolute atomic E-state index is 6.39. The molecule has 5 heteroatoms. The summed E-state index contributed by atoms with van der Waals surface area (Å²) >= 11 is 8.10. The molecule has 0 bridgehead atoms. The van der Waals surface area contributed by atoms with Crippen molar-refractivity contribution < 1.29 is 0 Å². The molecule has 0 amide bonds. The van der Waals surface area contributed by atoms with Crippen molar-refractivity contribution in [3.63, 3.8) is 0 Å². The number of halogens is 1. The van der Waals surface area contributed by atoms with Gasteiger partial charge in [-0.25, -0.2) is 0 Å². The van der Waals surface area contributed by atoms with Gasteiger partial charge in [0.15, 0.2) is 0 Å². The smallest absolute Gasteiger partial charge is 0.0856 e. The first kappa shape index (κ1) is 13.6. The molecule has 2 aromatic rings. The highest BCUT2D eigenvalue weighted by Gasteiger charge is 2.21. The van der Waals surface area contributed by atoms with Gasteiger partial charge in [0.05, 0.1) is 16.8 Å². The van der Waals surface area contributed by atoms with Crippen LogP contribution in [0.4, 0.5) is 0 Å². The Kier molecular flexibility index (Phi) is 4.43. The van der Waals surface area contributed by atoms with Gasteiger partial charge in [-0.15, -0.1) is 11.3 Å². The Morgan fingerprint density at radius 2 is 2.33 bits per heavy atom. The molecule has 0 saturated heterocycles. The van der Waals surface area contributed by atoms with Crippen LogP contribution in [0.1, 0.15) is 35.5 Å². The van der Waals surface area contributed by atoms with Crippen molar-refractivity contribution in [2.45, 2.75) is 26.3 Å². The second kappa shape index (κ2) is 5.87. The molecule has 2 heterocycles. The van der Waals surface area contributed by atoms with E-state index in [4.69, 9.17) is 11.6 Å². The predicted octanol–water partition coefficient (Wildman–Crippen LogP) is 3.53. The molecule has 2 rings (SSSR count). The minimum Gasteiger partial charge on any atom is -0.304 e. The van der Waals surface area contributed by atoms with E-state index in [9.17, 15) is 0 Å². The molecular weight excluding hydrogens is 266 g/mol. The van der Waals surface area contributed by atoms with E-state index < -0.39 is 0 Å². The van der Waals surface area contributed by atoms with Crippen LogP contribution in [0.2, 0.25) is 5.02 Å². The number of hydrogen-bond donors (Lipinski definition) is 1. The van der Waals surface area contributed by atoms with Crippen molar-refractivity contribution in [2.75, 3.05) is 6.54 Å². The Hall–Kier alpha value is -0.840. The van der Waals surface area contributed by atoms with E-state index in [1.165, 1.54) is 4.88 Å². The summed E-state index contributed by atoms with van der Waals surface area (Å²) < 4.78 is 1.90. The Labute approximate surface area is 117 Å². The van der Waals surface area contributed by atoms with Gasteiger partial charge in [-0.2, -0.15) is 5.10 Å². The molecule has 2 aromatic heterocycles. The van der Waals surface area contributed by atoms with Gasteiger partial charge in [0.1, 0.15) is 0 Å². The zero-order valence-electron chi connectivity index (χ0n) is 10.9. The second-order valence-corrected chi connectivity index (χ2v) is 5.65. The fourth-order valence-electron chi connectivity index (χ4n) is 1.93. The summed E-state index contributed by atoms with van der Waals surface area (Å²) in [4.78, 5) is 1.17. The SMILES string of the molecule is CCCNC(c1scc(C)c1Cl)c1ccnn1C. The Morgan fingerprint density at radius 1 is 1.56 bits per heavy atom. The standard InChI is InChI=1S/C13H18ClN3S/c1-4-6-15-12(10-5-7-16-17(10)3)13-11(14)9(2)8-18-13/h5,7-8,12,15H,4,6H2,1-3H3. The highest BCUT2D eigenvalue weighted by atomic mass is 35.5. The molecule has 1 unspecified atom stereocenters. The number of aromatic nitrogens is 2. The highest BCUT2D eigenvalue weighted by molar-refractivity contribution is 7.10. The van der Waals surface area contributed by atoms with Crippen LogP contribution >= 0.6 is 22.9 Å². The first-order valence-corrected chi connectivity index (χ1v) is 7.35. The summed E-state index contributed by atoms with van der Waals surface area (Å²) in [5, 5.41) is 10.8. The summed E-state index contributed by atoms with van der Waals surface area (Å²) in [6.45, 7) is 5.17. The maximum atomic E-state index is 6.39. The van der Waals surface area contributed by atoms with E-state index in [0.717, 1.165) is 29.2 Å². The molecule has 0 aliphatic heterocycles. The monoisotopic (exact) mass is 283 g/mol. The average molecular weight is 284 g/mol. The first-order chi connectivity index (χ1) is 8.65. The first-order valence-electron chi connectivity index (χ1n) is 6.10. The van der Waals surface area contributed by atoms with Gasteiger partial charge in [-0.1, -0.05) is 18.5 Å². The summed E-state index contributed by atoms with van der Waals surface area (Å²) in [6.07, 6.45) is 2.92. The third-order valence-corrected chi connectivity index (χ3v) is 4.72. The van der Waals surface area contributed by atoms with Crippen LogP contribution in [-0.4, -0.2) is 16.3 Å². The van der Waals surface area contributed by atoms with E-state index in [2.05, 4.69) is 22.7 Å². The normalized spacial score (nSPS) is 12.9. The lowest BCUT2D eigenvalue weighted by Gasteiger charge is -2.18. The van der Waals surface area contributed by atoms with Gasteiger partial charge in [0, 0.05) is 18.1 Å². The van der Waals surface area contributed by atoms with E-state index >= 15 is 0 Å². The predicted molar refractivity (Wildman–Crippen MR) is 77.4 cm³/mol. The summed E-state index contributed by atoms with van der Waals surface area (Å²) in [7, 11) is 1.96. The van der Waals surface area contributed by atoms with Gasteiger partial charge in [0.25, 0.3) is 0 Å². The second-order valence-electron chi connectivity index (χ2n) is 4.36. The van der Waals surface area contributed by atoms with Crippen molar-refractivity contribution in [2.24, 2.45) is 7.05 Å². The zero-order chi connectivity index (χ0) is 13.1. The molecule has 1 N–H and O–H groups in total. The molecule has 98 valence electrons. The minimum absolute atomic E-state index is 0.128. The molecule has 0 saturated carbocycles. The van der Waals surface area contributed by atoms with E-state index in [1.54, 1.807) is 11.3 Å². The Balaban J connectivity index is 2.37. The number of hydrogen-bond acceptors (Lipinski definition) is 3. The summed E-state index contributed by atoms with van der Waals surface area (Å²) in [5.41, 5.74) is 2.29. The largest absolute Gasteiger partial charge is 0.304 e. The average Bonchev–Trinajstić information content (AvgIpc) is 2.91. The number of rotatable bonds is 5. The van der Waals surface area contributed by atoms with Gasteiger partial charge < -0.3 is 5.32 Å². The third kappa shape index (κ3) is 2.60. The maximum Gasteiger partial charge on any atom is 0.0856 e. The van der Waals surface area contributed by atoms with Crippen LogP contribution in [0, 0.1) is 6.92 Å². The number of thiophene rings is 1.